The Morgan fingerprint density at radius 1 is 1.20 bits per heavy atom. The fraction of sp³-hybridized carbons (Fsp3) is 0.522. The number of hydrogen-bond acceptors (Lipinski definition) is 7. The summed E-state index contributed by atoms with van der Waals surface area (Å²) in [4.78, 5) is 38.1. The van der Waals surface area contributed by atoms with Crippen molar-refractivity contribution in [1.29, 1.82) is 0 Å². The highest BCUT2D eigenvalue weighted by Gasteiger charge is 2.33. The number of benzene rings is 1. The minimum absolute atomic E-state index is 0.0593. The van der Waals surface area contributed by atoms with Crippen LogP contribution >= 0.6 is 0 Å². The molecule has 1 atom stereocenters. The van der Waals surface area contributed by atoms with Crippen molar-refractivity contribution in [2.24, 2.45) is 0 Å². The molecule has 0 spiro atoms. The standard InChI is InChI=1S/C23H32N4O7S/c1-5-16-14(4)13-27(21(16)28)23(30)25-12-15-8-9-34-18-11-19(33-7-3)20(10-17(15)18)35(31,32)26-22(29)24-6-2/h10-11,15H,5-9,12-13H2,1-4H3,(H,25,30)(H2,24,26,29). The summed E-state index contributed by atoms with van der Waals surface area (Å²) in [6, 6.07) is 1.56. The molecule has 2 heterocycles. The molecular formula is C23H32N4O7S. The molecule has 12 heteroatoms. The van der Waals surface area contributed by atoms with E-state index >= 15 is 0 Å². The van der Waals surface area contributed by atoms with Crippen molar-refractivity contribution in [3.8, 4) is 11.5 Å². The van der Waals surface area contributed by atoms with Crippen molar-refractivity contribution in [3.63, 3.8) is 0 Å². The lowest BCUT2D eigenvalue weighted by molar-refractivity contribution is -0.123. The monoisotopic (exact) mass is 508 g/mol. The van der Waals surface area contributed by atoms with Crippen molar-refractivity contribution in [2.75, 3.05) is 32.8 Å². The minimum Gasteiger partial charge on any atom is -0.493 e. The summed E-state index contributed by atoms with van der Waals surface area (Å²) < 4.78 is 39.2. The van der Waals surface area contributed by atoms with Gasteiger partial charge in [-0.1, -0.05) is 6.92 Å². The van der Waals surface area contributed by atoms with Crippen LogP contribution in [0.4, 0.5) is 9.59 Å². The van der Waals surface area contributed by atoms with E-state index < -0.39 is 22.1 Å². The van der Waals surface area contributed by atoms with E-state index in [1.165, 1.54) is 17.0 Å². The van der Waals surface area contributed by atoms with Crippen molar-refractivity contribution in [1.82, 2.24) is 20.3 Å². The second kappa shape index (κ2) is 11.0. The molecule has 11 nitrogen and oxygen atoms in total. The molecule has 0 aromatic heterocycles. The first-order valence-electron chi connectivity index (χ1n) is 11.6. The molecule has 0 saturated heterocycles. The summed E-state index contributed by atoms with van der Waals surface area (Å²) >= 11 is 0. The maximum absolute atomic E-state index is 13.0. The highest BCUT2D eigenvalue weighted by Crippen LogP contribution is 2.40. The summed E-state index contributed by atoms with van der Waals surface area (Å²) in [5.74, 6) is -0.0572. The number of carbonyl (C=O) groups is 3. The molecule has 192 valence electrons. The molecule has 3 rings (SSSR count). The van der Waals surface area contributed by atoms with E-state index in [2.05, 4.69) is 10.6 Å². The van der Waals surface area contributed by atoms with Crippen LogP contribution < -0.4 is 24.8 Å². The zero-order valence-corrected chi connectivity index (χ0v) is 21.2. The SMILES string of the molecule is CCNC(=O)NS(=O)(=O)c1cc2c(cc1OCC)OCCC2CNC(=O)N1CC(C)=C(CC)C1=O. The molecule has 0 saturated carbocycles. The van der Waals surface area contributed by atoms with Gasteiger partial charge in [-0.3, -0.25) is 9.69 Å². The van der Waals surface area contributed by atoms with Gasteiger partial charge in [-0.15, -0.1) is 0 Å². The summed E-state index contributed by atoms with van der Waals surface area (Å²) in [6.45, 7) is 8.36. The maximum atomic E-state index is 13.0. The van der Waals surface area contributed by atoms with Crippen LogP contribution in [-0.2, 0) is 14.8 Å². The predicted molar refractivity (Wildman–Crippen MR) is 128 cm³/mol. The van der Waals surface area contributed by atoms with Gasteiger partial charge in [0, 0.05) is 36.2 Å². The van der Waals surface area contributed by atoms with Gasteiger partial charge in [-0.2, -0.15) is 0 Å². The van der Waals surface area contributed by atoms with Crippen molar-refractivity contribution < 1.29 is 32.3 Å². The van der Waals surface area contributed by atoms with E-state index in [-0.39, 0.29) is 48.7 Å². The molecule has 5 amide bonds. The number of imide groups is 1. The second-order valence-electron chi connectivity index (χ2n) is 8.26. The highest BCUT2D eigenvalue weighted by atomic mass is 32.2. The van der Waals surface area contributed by atoms with Gasteiger partial charge in [0.1, 0.15) is 16.4 Å². The van der Waals surface area contributed by atoms with Crippen LogP contribution in [0.15, 0.2) is 28.2 Å². The number of fused-ring (bicyclic) bond motifs is 1. The van der Waals surface area contributed by atoms with Gasteiger partial charge >= 0.3 is 12.1 Å². The minimum atomic E-state index is -4.25. The van der Waals surface area contributed by atoms with Crippen molar-refractivity contribution in [2.45, 2.75) is 51.3 Å². The predicted octanol–water partition coefficient (Wildman–Crippen LogP) is 2.24. The zero-order chi connectivity index (χ0) is 25.8. The molecule has 1 unspecified atom stereocenters. The van der Waals surface area contributed by atoms with Crippen LogP contribution in [0.25, 0.3) is 0 Å². The van der Waals surface area contributed by atoms with Gasteiger partial charge in [0.2, 0.25) is 0 Å². The Morgan fingerprint density at radius 2 is 1.94 bits per heavy atom. The number of ether oxygens (including phenoxy) is 2. The maximum Gasteiger partial charge on any atom is 0.328 e. The van der Waals surface area contributed by atoms with Crippen molar-refractivity contribution in [3.05, 3.63) is 28.8 Å². The van der Waals surface area contributed by atoms with Crippen LogP contribution in [0.1, 0.15) is 52.0 Å². The van der Waals surface area contributed by atoms with Gasteiger partial charge in [0.15, 0.2) is 0 Å². The Bertz CT molecular complexity index is 1150. The quantitative estimate of drug-likeness (QED) is 0.489. The molecule has 0 bridgehead atoms. The van der Waals surface area contributed by atoms with E-state index in [0.717, 1.165) is 5.57 Å². The number of nitrogens with one attached hydrogen (secondary N) is 3. The lowest BCUT2D eigenvalue weighted by atomic mass is 9.93. The third-order valence-corrected chi connectivity index (χ3v) is 7.26. The Kier molecular flexibility index (Phi) is 8.26. The summed E-state index contributed by atoms with van der Waals surface area (Å²) in [5, 5.41) is 5.19. The molecule has 0 aliphatic carbocycles. The van der Waals surface area contributed by atoms with Crippen LogP contribution in [0.2, 0.25) is 0 Å². The average molecular weight is 509 g/mol. The van der Waals surface area contributed by atoms with Crippen molar-refractivity contribution >= 4 is 28.0 Å². The van der Waals surface area contributed by atoms with Crippen LogP contribution in [-0.4, -0.2) is 64.1 Å². The summed E-state index contributed by atoms with van der Waals surface area (Å²) in [6.07, 6.45) is 1.08. The van der Waals surface area contributed by atoms with E-state index in [0.29, 0.717) is 36.3 Å². The number of nitrogens with zero attached hydrogens (tertiary/aromatic N) is 1. The lowest BCUT2D eigenvalue weighted by Gasteiger charge is -2.28. The van der Waals surface area contributed by atoms with E-state index in [4.69, 9.17) is 9.47 Å². The Morgan fingerprint density at radius 3 is 2.57 bits per heavy atom. The third-order valence-electron chi connectivity index (χ3n) is 5.91. The number of rotatable bonds is 8. The van der Waals surface area contributed by atoms with Gasteiger partial charge in [-0.25, -0.2) is 22.7 Å². The van der Waals surface area contributed by atoms with Gasteiger partial charge < -0.3 is 20.1 Å². The van der Waals surface area contributed by atoms with E-state index in [1.54, 1.807) is 13.8 Å². The molecule has 35 heavy (non-hydrogen) atoms. The highest BCUT2D eigenvalue weighted by molar-refractivity contribution is 7.90. The number of hydrogen-bond donors (Lipinski definition) is 3. The Labute approximate surface area is 205 Å². The number of amides is 5. The molecular weight excluding hydrogens is 476 g/mol. The van der Waals surface area contributed by atoms with E-state index in [1.807, 2.05) is 18.6 Å². The van der Waals surface area contributed by atoms with E-state index in [9.17, 15) is 22.8 Å². The summed E-state index contributed by atoms with van der Waals surface area (Å²) in [5.41, 5.74) is 2.09. The van der Waals surface area contributed by atoms with Gasteiger partial charge in [0.05, 0.1) is 19.8 Å². The molecule has 2 aliphatic heterocycles. The Hall–Kier alpha value is -3.28. The first-order chi connectivity index (χ1) is 16.6. The fourth-order valence-corrected chi connectivity index (χ4v) is 5.30. The largest absolute Gasteiger partial charge is 0.493 e. The van der Waals surface area contributed by atoms with Crippen LogP contribution in [0, 0.1) is 0 Å². The topological polar surface area (TPSA) is 143 Å². The van der Waals surface area contributed by atoms with Crippen LogP contribution in [0.5, 0.6) is 11.5 Å². The molecule has 0 radical (unpaired) electrons. The number of urea groups is 2. The normalized spacial score (nSPS) is 17.5. The fourth-order valence-electron chi connectivity index (χ4n) is 4.20. The van der Waals surface area contributed by atoms with Crippen LogP contribution in [0.3, 0.4) is 0 Å². The number of carbonyl (C=O) groups excluding carboxylic acids is 3. The first-order valence-corrected chi connectivity index (χ1v) is 13.1. The third kappa shape index (κ3) is 5.69. The molecule has 1 aromatic rings. The lowest BCUT2D eigenvalue weighted by Crippen LogP contribution is -2.43. The van der Waals surface area contributed by atoms with Gasteiger partial charge in [0.25, 0.3) is 15.9 Å². The Balaban J connectivity index is 1.83. The first kappa shape index (κ1) is 26.3. The second-order valence-corrected chi connectivity index (χ2v) is 9.91. The number of sulfonamides is 1. The summed E-state index contributed by atoms with van der Waals surface area (Å²) in [7, 11) is -4.25. The zero-order valence-electron chi connectivity index (χ0n) is 20.4. The average Bonchev–Trinajstić information content (AvgIpc) is 3.09. The smallest absolute Gasteiger partial charge is 0.328 e. The molecule has 3 N–H and O–H groups in total. The molecule has 2 aliphatic rings. The van der Waals surface area contributed by atoms with Gasteiger partial charge in [-0.05, 0) is 45.3 Å². The molecule has 0 fully saturated rings. The molecule has 1 aromatic carbocycles.